The molecule has 0 aromatic heterocycles. The lowest BCUT2D eigenvalue weighted by Crippen LogP contribution is -2.46. The second-order valence-corrected chi connectivity index (χ2v) is 8.30. The molecule has 2 aromatic carbocycles. The molecule has 27 heavy (non-hydrogen) atoms. The first-order valence-electron chi connectivity index (χ1n) is 8.53. The Kier molecular flexibility index (Phi) is 5.45. The Bertz CT molecular complexity index is 969. The van der Waals surface area contributed by atoms with Crippen LogP contribution in [-0.4, -0.2) is 43.8 Å². The molecule has 144 valence electrons. The SMILES string of the molecule is Cc1ccc(Oc2ccc([N+](=O)[O-])cc2S(=O)(=O)N2CCNCC2)cc1C. The highest BCUT2D eigenvalue weighted by Crippen LogP contribution is 2.34. The van der Waals surface area contributed by atoms with Crippen molar-refractivity contribution in [3.8, 4) is 11.5 Å². The molecule has 1 saturated heterocycles. The minimum atomic E-state index is -3.92. The Labute approximate surface area is 158 Å². The molecular formula is C18H21N3O5S. The third-order valence-corrected chi connectivity index (χ3v) is 6.46. The van der Waals surface area contributed by atoms with Gasteiger partial charge in [-0.3, -0.25) is 10.1 Å². The average Bonchev–Trinajstić information content (AvgIpc) is 2.65. The number of benzene rings is 2. The summed E-state index contributed by atoms with van der Waals surface area (Å²) >= 11 is 0. The van der Waals surface area contributed by atoms with Crippen molar-refractivity contribution in [1.29, 1.82) is 0 Å². The number of nitrogens with zero attached hydrogens (tertiary/aromatic N) is 2. The van der Waals surface area contributed by atoms with Gasteiger partial charge in [0.2, 0.25) is 10.0 Å². The third kappa shape index (κ3) is 4.10. The van der Waals surface area contributed by atoms with E-state index in [0.717, 1.165) is 17.2 Å². The van der Waals surface area contributed by atoms with Crippen molar-refractivity contribution in [3.05, 3.63) is 57.6 Å². The van der Waals surface area contributed by atoms with Crippen LogP contribution in [0, 0.1) is 24.0 Å². The Morgan fingerprint density at radius 3 is 2.41 bits per heavy atom. The molecule has 1 aliphatic heterocycles. The van der Waals surface area contributed by atoms with Gasteiger partial charge >= 0.3 is 0 Å². The van der Waals surface area contributed by atoms with Crippen LogP contribution in [0.2, 0.25) is 0 Å². The predicted molar refractivity (Wildman–Crippen MR) is 101 cm³/mol. The quantitative estimate of drug-likeness (QED) is 0.621. The first-order valence-corrected chi connectivity index (χ1v) is 9.97. The fourth-order valence-electron chi connectivity index (χ4n) is 2.82. The third-order valence-electron chi connectivity index (χ3n) is 4.54. The number of aryl methyl sites for hydroxylation is 2. The van der Waals surface area contributed by atoms with E-state index in [4.69, 9.17) is 4.74 Å². The second kappa shape index (κ2) is 7.63. The van der Waals surface area contributed by atoms with Crippen LogP contribution in [0.25, 0.3) is 0 Å². The maximum absolute atomic E-state index is 13.1. The van der Waals surface area contributed by atoms with E-state index < -0.39 is 14.9 Å². The van der Waals surface area contributed by atoms with Gasteiger partial charge in [0, 0.05) is 38.3 Å². The van der Waals surface area contributed by atoms with Crippen molar-refractivity contribution in [2.24, 2.45) is 0 Å². The number of non-ortho nitro benzene ring substituents is 1. The number of nitrogens with one attached hydrogen (secondary N) is 1. The zero-order valence-electron chi connectivity index (χ0n) is 15.1. The van der Waals surface area contributed by atoms with Crippen molar-refractivity contribution in [2.45, 2.75) is 18.7 Å². The number of piperazine rings is 1. The summed E-state index contributed by atoms with van der Waals surface area (Å²) in [7, 11) is -3.92. The summed E-state index contributed by atoms with van der Waals surface area (Å²) in [6.45, 7) is 5.55. The van der Waals surface area contributed by atoms with Crippen molar-refractivity contribution >= 4 is 15.7 Å². The van der Waals surface area contributed by atoms with Gasteiger partial charge in [-0.25, -0.2) is 8.42 Å². The Morgan fingerprint density at radius 1 is 1.07 bits per heavy atom. The Morgan fingerprint density at radius 2 is 1.78 bits per heavy atom. The molecule has 3 rings (SSSR count). The number of nitro benzene ring substituents is 1. The van der Waals surface area contributed by atoms with Gasteiger partial charge in [0.15, 0.2) is 0 Å². The zero-order chi connectivity index (χ0) is 19.6. The van der Waals surface area contributed by atoms with E-state index >= 15 is 0 Å². The highest BCUT2D eigenvalue weighted by atomic mass is 32.2. The van der Waals surface area contributed by atoms with Gasteiger partial charge in [-0.05, 0) is 43.2 Å². The normalized spacial score (nSPS) is 15.5. The molecular weight excluding hydrogens is 370 g/mol. The monoisotopic (exact) mass is 391 g/mol. The van der Waals surface area contributed by atoms with Gasteiger partial charge in [-0.1, -0.05) is 6.07 Å². The fourth-order valence-corrected chi connectivity index (χ4v) is 4.40. The van der Waals surface area contributed by atoms with Crippen LogP contribution < -0.4 is 10.1 Å². The van der Waals surface area contributed by atoms with Crippen molar-refractivity contribution in [2.75, 3.05) is 26.2 Å². The number of nitro groups is 1. The van der Waals surface area contributed by atoms with Crippen LogP contribution in [-0.2, 0) is 10.0 Å². The minimum Gasteiger partial charge on any atom is -0.456 e. The first-order chi connectivity index (χ1) is 12.8. The van der Waals surface area contributed by atoms with Crippen molar-refractivity contribution in [1.82, 2.24) is 9.62 Å². The number of hydrogen-bond donors (Lipinski definition) is 1. The summed E-state index contributed by atoms with van der Waals surface area (Å²) in [5, 5.41) is 14.2. The number of ether oxygens (including phenoxy) is 1. The molecule has 0 radical (unpaired) electrons. The van der Waals surface area contributed by atoms with Crippen LogP contribution in [0.5, 0.6) is 11.5 Å². The molecule has 0 saturated carbocycles. The molecule has 0 aliphatic carbocycles. The summed E-state index contributed by atoms with van der Waals surface area (Å²) in [4.78, 5) is 10.3. The van der Waals surface area contributed by atoms with E-state index in [1.165, 1.54) is 16.4 Å². The molecule has 0 amide bonds. The molecule has 1 heterocycles. The second-order valence-electron chi connectivity index (χ2n) is 6.39. The van der Waals surface area contributed by atoms with Crippen LogP contribution in [0.4, 0.5) is 5.69 Å². The molecule has 1 N–H and O–H groups in total. The maximum Gasteiger partial charge on any atom is 0.271 e. The lowest BCUT2D eigenvalue weighted by Gasteiger charge is -2.27. The standard InChI is InChI=1S/C18H21N3O5S/c1-13-3-5-16(11-14(13)2)26-17-6-4-15(21(22)23)12-18(17)27(24,25)20-9-7-19-8-10-20/h3-6,11-12,19H,7-10H2,1-2H3. The summed E-state index contributed by atoms with van der Waals surface area (Å²) in [6.07, 6.45) is 0. The van der Waals surface area contributed by atoms with E-state index in [2.05, 4.69) is 5.32 Å². The van der Waals surface area contributed by atoms with Crippen LogP contribution in [0.15, 0.2) is 41.3 Å². The van der Waals surface area contributed by atoms with Crippen LogP contribution >= 0.6 is 0 Å². The molecule has 0 atom stereocenters. The molecule has 2 aromatic rings. The molecule has 0 spiro atoms. The van der Waals surface area contributed by atoms with Gasteiger partial charge in [0.05, 0.1) is 4.92 Å². The summed E-state index contributed by atoms with van der Waals surface area (Å²) in [5.41, 5.74) is 1.79. The van der Waals surface area contributed by atoms with E-state index in [1.54, 1.807) is 12.1 Å². The lowest BCUT2D eigenvalue weighted by molar-refractivity contribution is -0.385. The van der Waals surface area contributed by atoms with Crippen LogP contribution in [0.3, 0.4) is 0 Å². The minimum absolute atomic E-state index is 0.0717. The Balaban J connectivity index is 2.05. The van der Waals surface area contributed by atoms with Gasteiger partial charge in [-0.15, -0.1) is 0 Å². The van der Waals surface area contributed by atoms with E-state index in [0.29, 0.717) is 31.9 Å². The van der Waals surface area contributed by atoms with E-state index in [1.807, 2.05) is 19.9 Å². The lowest BCUT2D eigenvalue weighted by atomic mass is 10.1. The topological polar surface area (TPSA) is 102 Å². The number of sulfonamides is 1. The number of hydrogen-bond acceptors (Lipinski definition) is 6. The van der Waals surface area contributed by atoms with E-state index in [-0.39, 0.29) is 16.3 Å². The summed E-state index contributed by atoms with van der Waals surface area (Å²) in [6, 6.07) is 9.06. The average molecular weight is 391 g/mol. The molecule has 1 aliphatic rings. The number of rotatable bonds is 5. The smallest absolute Gasteiger partial charge is 0.271 e. The van der Waals surface area contributed by atoms with Gasteiger partial charge < -0.3 is 10.1 Å². The van der Waals surface area contributed by atoms with E-state index in [9.17, 15) is 18.5 Å². The van der Waals surface area contributed by atoms with Crippen molar-refractivity contribution in [3.63, 3.8) is 0 Å². The molecule has 1 fully saturated rings. The zero-order valence-corrected chi connectivity index (χ0v) is 16.0. The van der Waals surface area contributed by atoms with Gasteiger partial charge in [-0.2, -0.15) is 4.31 Å². The molecule has 0 bridgehead atoms. The van der Waals surface area contributed by atoms with Crippen LogP contribution in [0.1, 0.15) is 11.1 Å². The summed E-state index contributed by atoms with van der Waals surface area (Å²) in [5.74, 6) is 0.547. The fraction of sp³-hybridized carbons (Fsp3) is 0.333. The largest absolute Gasteiger partial charge is 0.456 e. The predicted octanol–water partition coefficient (Wildman–Crippen LogP) is 2.60. The van der Waals surface area contributed by atoms with Gasteiger partial charge in [0.1, 0.15) is 16.4 Å². The summed E-state index contributed by atoms with van der Waals surface area (Å²) < 4.78 is 33.3. The van der Waals surface area contributed by atoms with Gasteiger partial charge in [0.25, 0.3) is 5.69 Å². The maximum atomic E-state index is 13.1. The molecule has 8 nitrogen and oxygen atoms in total. The molecule has 9 heteroatoms. The highest BCUT2D eigenvalue weighted by molar-refractivity contribution is 7.89. The first kappa shape index (κ1) is 19.3. The highest BCUT2D eigenvalue weighted by Gasteiger charge is 2.31. The molecule has 0 unspecified atom stereocenters. The van der Waals surface area contributed by atoms with Crippen molar-refractivity contribution < 1.29 is 18.1 Å². The Hall–Kier alpha value is -2.49.